The normalized spacial score (nSPS) is 10.3. The van der Waals surface area contributed by atoms with Gasteiger partial charge in [0.2, 0.25) is 5.91 Å². The summed E-state index contributed by atoms with van der Waals surface area (Å²) in [5.74, 6) is -0.278. The molecule has 0 atom stereocenters. The molecule has 0 radical (unpaired) electrons. The van der Waals surface area contributed by atoms with Gasteiger partial charge in [-0.05, 0) is 12.1 Å². The summed E-state index contributed by atoms with van der Waals surface area (Å²) in [6.45, 7) is 2.27. The van der Waals surface area contributed by atoms with Gasteiger partial charge in [-0.25, -0.2) is 4.98 Å². The Labute approximate surface area is 104 Å². The first-order valence-corrected chi connectivity index (χ1v) is 5.62. The molecule has 0 unspecified atom stereocenters. The lowest BCUT2D eigenvalue weighted by Crippen LogP contribution is -2.33. The standard InChI is InChI=1S/C12H14N4O2/c1-9(17)13-4-5-15-12(18)10-2-3-11-14-6-7-16(11)8-10/h2-3,6-8H,4-5H2,1H3,(H,13,17)(H,15,18). The average Bonchev–Trinajstić information content (AvgIpc) is 2.81. The number of nitrogens with zero attached hydrogens (tertiary/aromatic N) is 2. The van der Waals surface area contributed by atoms with Crippen LogP contribution in [-0.4, -0.2) is 34.3 Å². The second-order valence-corrected chi connectivity index (χ2v) is 3.85. The van der Waals surface area contributed by atoms with Crippen LogP contribution in [0, 0.1) is 0 Å². The smallest absolute Gasteiger partial charge is 0.252 e. The van der Waals surface area contributed by atoms with Crippen molar-refractivity contribution in [1.82, 2.24) is 20.0 Å². The van der Waals surface area contributed by atoms with Crippen molar-refractivity contribution in [1.29, 1.82) is 0 Å². The molecule has 18 heavy (non-hydrogen) atoms. The van der Waals surface area contributed by atoms with E-state index >= 15 is 0 Å². The molecular weight excluding hydrogens is 232 g/mol. The molecule has 0 aliphatic rings. The first-order chi connectivity index (χ1) is 8.66. The Morgan fingerprint density at radius 3 is 2.83 bits per heavy atom. The molecule has 2 N–H and O–H groups in total. The lowest BCUT2D eigenvalue weighted by molar-refractivity contribution is -0.118. The molecule has 0 spiro atoms. The van der Waals surface area contributed by atoms with E-state index in [0.29, 0.717) is 18.7 Å². The number of carbonyl (C=O) groups is 2. The highest BCUT2D eigenvalue weighted by Gasteiger charge is 2.05. The predicted octanol–water partition coefficient (Wildman–Crippen LogP) is 0.200. The van der Waals surface area contributed by atoms with Crippen molar-refractivity contribution < 1.29 is 9.59 Å². The van der Waals surface area contributed by atoms with E-state index in [2.05, 4.69) is 15.6 Å². The number of hydrogen-bond acceptors (Lipinski definition) is 3. The minimum absolute atomic E-state index is 0.107. The molecule has 6 heteroatoms. The third kappa shape index (κ3) is 2.85. The van der Waals surface area contributed by atoms with Gasteiger partial charge in [0.25, 0.3) is 5.91 Å². The van der Waals surface area contributed by atoms with Gasteiger partial charge in [-0.15, -0.1) is 0 Å². The van der Waals surface area contributed by atoms with Gasteiger partial charge in [-0.3, -0.25) is 9.59 Å². The fraction of sp³-hybridized carbons (Fsp3) is 0.250. The summed E-state index contributed by atoms with van der Waals surface area (Å²) in [5.41, 5.74) is 1.35. The number of imidazole rings is 1. The van der Waals surface area contributed by atoms with Crippen molar-refractivity contribution in [2.24, 2.45) is 0 Å². The predicted molar refractivity (Wildman–Crippen MR) is 66.2 cm³/mol. The van der Waals surface area contributed by atoms with Gasteiger partial charge in [0.15, 0.2) is 0 Å². The largest absolute Gasteiger partial charge is 0.355 e. The van der Waals surface area contributed by atoms with Crippen LogP contribution >= 0.6 is 0 Å². The van der Waals surface area contributed by atoms with Crippen LogP contribution in [0.5, 0.6) is 0 Å². The fourth-order valence-electron chi connectivity index (χ4n) is 1.57. The minimum Gasteiger partial charge on any atom is -0.355 e. The lowest BCUT2D eigenvalue weighted by atomic mass is 10.2. The number of hydrogen-bond donors (Lipinski definition) is 2. The Hall–Kier alpha value is -2.37. The van der Waals surface area contributed by atoms with Crippen molar-refractivity contribution in [3.63, 3.8) is 0 Å². The second kappa shape index (κ2) is 5.31. The number of nitrogens with one attached hydrogen (secondary N) is 2. The van der Waals surface area contributed by atoms with Crippen LogP contribution < -0.4 is 10.6 Å². The SMILES string of the molecule is CC(=O)NCCNC(=O)c1ccc2nccn2c1. The second-order valence-electron chi connectivity index (χ2n) is 3.85. The van der Waals surface area contributed by atoms with E-state index in [0.717, 1.165) is 5.65 Å². The first kappa shape index (κ1) is 12.1. The molecule has 6 nitrogen and oxygen atoms in total. The van der Waals surface area contributed by atoms with E-state index < -0.39 is 0 Å². The molecule has 0 aromatic carbocycles. The molecule has 2 amide bonds. The Morgan fingerprint density at radius 2 is 2.06 bits per heavy atom. The summed E-state index contributed by atoms with van der Waals surface area (Å²) < 4.78 is 1.78. The molecule has 0 saturated carbocycles. The number of pyridine rings is 1. The van der Waals surface area contributed by atoms with Crippen LogP contribution in [-0.2, 0) is 4.79 Å². The molecule has 0 bridgehead atoms. The van der Waals surface area contributed by atoms with Crippen LogP contribution in [0.4, 0.5) is 0 Å². The van der Waals surface area contributed by atoms with Crippen LogP contribution in [0.25, 0.3) is 5.65 Å². The Morgan fingerprint density at radius 1 is 1.28 bits per heavy atom. The van der Waals surface area contributed by atoms with E-state index in [-0.39, 0.29) is 11.8 Å². The van der Waals surface area contributed by atoms with Gasteiger partial charge >= 0.3 is 0 Å². The van der Waals surface area contributed by atoms with Crippen molar-refractivity contribution >= 4 is 17.5 Å². The van der Waals surface area contributed by atoms with Gasteiger partial charge in [-0.1, -0.05) is 0 Å². The third-order valence-electron chi connectivity index (χ3n) is 2.44. The minimum atomic E-state index is -0.170. The van der Waals surface area contributed by atoms with Crippen molar-refractivity contribution in [2.75, 3.05) is 13.1 Å². The quantitative estimate of drug-likeness (QED) is 0.757. The molecule has 0 fully saturated rings. The molecular formula is C12H14N4O2. The molecule has 2 aromatic rings. The summed E-state index contributed by atoms with van der Waals surface area (Å²) in [7, 11) is 0. The lowest BCUT2D eigenvalue weighted by Gasteiger charge is -2.06. The van der Waals surface area contributed by atoms with Crippen LogP contribution in [0.1, 0.15) is 17.3 Å². The zero-order chi connectivity index (χ0) is 13.0. The Kier molecular flexibility index (Phi) is 3.57. The van der Waals surface area contributed by atoms with Crippen molar-refractivity contribution in [3.05, 3.63) is 36.3 Å². The topological polar surface area (TPSA) is 75.5 Å². The molecule has 2 aromatic heterocycles. The van der Waals surface area contributed by atoms with E-state index in [4.69, 9.17) is 0 Å². The van der Waals surface area contributed by atoms with E-state index in [1.54, 1.807) is 35.1 Å². The molecule has 2 heterocycles. The van der Waals surface area contributed by atoms with Gasteiger partial charge < -0.3 is 15.0 Å². The zero-order valence-electron chi connectivity index (χ0n) is 10.0. The van der Waals surface area contributed by atoms with Gasteiger partial charge in [0.05, 0.1) is 5.56 Å². The van der Waals surface area contributed by atoms with Gasteiger partial charge in [0.1, 0.15) is 5.65 Å². The number of carbonyl (C=O) groups excluding carboxylic acids is 2. The summed E-state index contributed by atoms with van der Waals surface area (Å²) in [6.07, 6.45) is 5.17. The summed E-state index contributed by atoms with van der Waals surface area (Å²) in [4.78, 5) is 26.5. The Balaban J connectivity index is 1.93. The highest BCUT2D eigenvalue weighted by molar-refractivity contribution is 5.94. The highest BCUT2D eigenvalue weighted by atomic mass is 16.2. The number of fused-ring (bicyclic) bond motifs is 1. The number of aromatic nitrogens is 2. The van der Waals surface area contributed by atoms with Crippen LogP contribution in [0.15, 0.2) is 30.7 Å². The average molecular weight is 246 g/mol. The molecule has 0 aliphatic heterocycles. The van der Waals surface area contributed by atoms with E-state index in [1.807, 2.05) is 0 Å². The highest BCUT2D eigenvalue weighted by Crippen LogP contribution is 2.04. The van der Waals surface area contributed by atoms with E-state index in [9.17, 15) is 9.59 Å². The van der Waals surface area contributed by atoms with Crippen molar-refractivity contribution in [2.45, 2.75) is 6.92 Å². The Bertz CT molecular complexity index is 576. The molecule has 0 saturated heterocycles. The van der Waals surface area contributed by atoms with Gasteiger partial charge in [0, 0.05) is 38.6 Å². The van der Waals surface area contributed by atoms with Gasteiger partial charge in [-0.2, -0.15) is 0 Å². The maximum atomic E-state index is 11.8. The number of rotatable bonds is 4. The van der Waals surface area contributed by atoms with Crippen molar-refractivity contribution in [3.8, 4) is 0 Å². The van der Waals surface area contributed by atoms with Crippen LogP contribution in [0.2, 0.25) is 0 Å². The monoisotopic (exact) mass is 246 g/mol. The maximum absolute atomic E-state index is 11.8. The zero-order valence-corrected chi connectivity index (χ0v) is 10.0. The molecule has 94 valence electrons. The molecule has 0 aliphatic carbocycles. The fourth-order valence-corrected chi connectivity index (χ4v) is 1.57. The first-order valence-electron chi connectivity index (χ1n) is 5.62. The van der Waals surface area contributed by atoms with E-state index in [1.165, 1.54) is 6.92 Å². The summed E-state index contributed by atoms with van der Waals surface area (Å²) >= 11 is 0. The number of amides is 2. The maximum Gasteiger partial charge on any atom is 0.252 e. The summed E-state index contributed by atoms with van der Waals surface area (Å²) in [5, 5.41) is 5.33. The summed E-state index contributed by atoms with van der Waals surface area (Å²) in [6, 6.07) is 3.50. The third-order valence-corrected chi connectivity index (χ3v) is 2.44. The van der Waals surface area contributed by atoms with Crippen LogP contribution in [0.3, 0.4) is 0 Å². The molecule has 2 rings (SSSR count).